The zero-order chi connectivity index (χ0) is 29.9. The molecule has 1 unspecified atom stereocenters. The van der Waals surface area contributed by atoms with Crippen molar-refractivity contribution < 1.29 is 32.6 Å². The lowest BCUT2D eigenvalue weighted by atomic mass is 9.93. The van der Waals surface area contributed by atoms with Gasteiger partial charge in [0.15, 0.2) is 0 Å². The second-order valence-corrected chi connectivity index (χ2v) is 10.3. The number of aliphatic carboxylic acids is 1. The summed E-state index contributed by atoms with van der Waals surface area (Å²) in [5.74, 6) is -0.712. The highest BCUT2D eigenvalue weighted by Gasteiger charge is 2.38. The smallest absolute Gasteiger partial charge is 0.490 e. The van der Waals surface area contributed by atoms with Crippen LogP contribution in [0.15, 0.2) is 48.7 Å². The fraction of sp³-hybridized carbons (Fsp3) is 0.345. The van der Waals surface area contributed by atoms with E-state index in [1.807, 2.05) is 42.5 Å². The van der Waals surface area contributed by atoms with Crippen LogP contribution in [0.4, 0.5) is 19.1 Å². The number of aromatic amines is 1. The molecule has 0 spiro atoms. The van der Waals surface area contributed by atoms with E-state index < -0.39 is 12.1 Å². The Morgan fingerprint density at radius 1 is 1.05 bits per heavy atom. The summed E-state index contributed by atoms with van der Waals surface area (Å²) in [5, 5.41) is 10.3. The highest BCUT2D eigenvalue weighted by atomic mass is 19.4. The Labute approximate surface area is 238 Å². The van der Waals surface area contributed by atoms with E-state index in [9.17, 15) is 18.0 Å². The van der Waals surface area contributed by atoms with E-state index in [1.54, 1.807) is 6.20 Å². The molecule has 1 atom stereocenters. The van der Waals surface area contributed by atoms with Crippen molar-refractivity contribution in [2.45, 2.75) is 56.7 Å². The van der Waals surface area contributed by atoms with Gasteiger partial charge in [0.25, 0.3) is 5.91 Å². The molecular weight excluding hydrogens is 553 g/mol. The molecule has 2 aromatic heterocycles. The Balaban J connectivity index is 0.000000451. The van der Waals surface area contributed by atoms with Gasteiger partial charge in [0.1, 0.15) is 11.6 Å². The number of carboxylic acids is 1. The number of imidazole rings is 1. The van der Waals surface area contributed by atoms with Crippen LogP contribution in [0.1, 0.15) is 59.8 Å². The van der Waals surface area contributed by atoms with E-state index in [-0.39, 0.29) is 23.8 Å². The number of carboxylic acid groups (broad SMARTS) is 1. The van der Waals surface area contributed by atoms with Crippen LogP contribution in [0.3, 0.4) is 0 Å². The van der Waals surface area contributed by atoms with Crippen LogP contribution in [-0.4, -0.2) is 55.7 Å². The van der Waals surface area contributed by atoms with E-state index in [0.717, 1.165) is 58.7 Å². The maximum absolute atomic E-state index is 12.9. The summed E-state index contributed by atoms with van der Waals surface area (Å²) in [6.45, 7) is 0.537. The van der Waals surface area contributed by atoms with E-state index in [2.05, 4.69) is 20.3 Å². The van der Waals surface area contributed by atoms with Crippen molar-refractivity contribution in [3.63, 3.8) is 0 Å². The van der Waals surface area contributed by atoms with Gasteiger partial charge in [-0.25, -0.2) is 19.7 Å². The molecule has 0 saturated heterocycles. The molecule has 5 N–H and O–H groups in total. The third-order valence-corrected chi connectivity index (χ3v) is 7.27. The molecule has 10 nitrogen and oxygen atoms in total. The minimum atomic E-state index is -5.08. The van der Waals surface area contributed by atoms with E-state index in [1.165, 1.54) is 19.3 Å². The molecule has 4 aromatic rings. The molecule has 1 aliphatic heterocycles. The first-order valence-electron chi connectivity index (χ1n) is 13.5. The molecule has 220 valence electrons. The molecule has 1 fully saturated rings. The molecule has 13 heteroatoms. The Bertz CT molecular complexity index is 1600. The summed E-state index contributed by atoms with van der Waals surface area (Å²) in [4.78, 5) is 38.3. The monoisotopic (exact) mass is 582 g/mol. The minimum absolute atomic E-state index is 0.00319. The number of H-pyrrole nitrogens is 1. The number of nitrogens with two attached hydrogens (primary N) is 1. The predicted octanol–water partition coefficient (Wildman–Crippen LogP) is 5.02. The Kier molecular flexibility index (Phi) is 8.27. The number of aromatic nitrogens is 4. The molecule has 1 saturated carbocycles. The van der Waals surface area contributed by atoms with Crippen LogP contribution in [0, 0.1) is 0 Å². The molecule has 6 rings (SSSR count). The zero-order valence-electron chi connectivity index (χ0n) is 22.4. The molecule has 0 bridgehead atoms. The average Bonchev–Trinajstić information content (AvgIpc) is 3.40. The lowest BCUT2D eigenvalue weighted by Gasteiger charge is -2.25. The van der Waals surface area contributed by atoms with Crippen molar-refractivity contribution in [2.24, 2.45) is 0 Å². The number of hydrogen-bond donors (Lipinski definition) is 4. The third-order valence-electron chi connectivity index (χ3n) is 7.27. The summed E-state index contributed by atoms with van der Waals surface area (Å²) in [5.41, 5.74) is 11.0. The second-order valence-electron chi connectivity index (χ2n) is 10.3. The number of nitrogen functional groups attached to an aromatic ring is 1. The standard InChI is InChI=1S/C27H28N6O2.C2HF3O2/c28-27-29-11-10-21(33-27)16-6-8-22-23(14-16)32-25(31-22)19-13-18-12-17(7-9-24(18)35-15-19)26(34)30-20-4-2-1-3-5-20;3-2(4,5)1(6)7/h6-12,14,19-20H,1-5,13,15H2,(H,30,34)(H,31,32)(H2,28,29,33);(H,6,7). The number of amides is 1. The van der Waals surface area contributed by atoms with Crippen LogP contribution < -0.4 is 15.8 Å². The van der Waals surface area contributed by atoms with Gasteiger partial charge < -0.3 is 25.9 Å². The molecule has 1 aliphatic carbocycles. The molecule has 42 heavy (non-hydrogen) atoms. The van der Waals surface area contributed by atoms with Crippen molar-refractivity contribution >= 4 is 28.9 Å². The van der Waals surface area contributed by atoms with E-state index in [0.29, 0.717) is 12.2 Å². The van der Waals surface area contributed by atoms with Gasteiger partial charge >= 0.3 is 12.1 Å². The molecule has 0 radical (unpaired) electrons. The number of carbonyl (C=O) groups excluding carboxylic acids is 1. The first-order valence-corrected chi connectivity index (χ1v) is 13.5. The number of fused-ring (bicyclic) bond motifs is 2. The number of halogens is 3. The molecule has 3 heterocycles. The number of alkyl halides is 3. The van der Waals surface area contributed by atoms with Gasteiger partial charge in [0.2, 0.25) is 5.95 Å². The van der Waals surface area contributed by atoms with Gasteiger partial charge in [-0.2, -0.15) is 13.2 Å². The maximum Gasteiger partial charge on any atom is 0.490 e. The SMILES string of the molecule is Nc1nccc(-c2ccc3nc(C4COc5ccc(C(=O)NC6CCCCC6)cc5C4)[nH]c3c2)n1.O=C(O)C(F)(F)F. The van der Waals surface area contributed by atoms with Crippen LogP contribution in [0.2, 0.25) is 0 Å². The second kappa shape index (κ2) is 12.0. The topological polar surface area (TPSA) is 156 Å². The van der Waals surface area contributed by atoms with Crippen molar-refractivity contribution in [3.8, 4) is 17.0 Å². The number of ether oxygens (including phenoxy) is 1. The fourth-order valence-electron chi connectivity index (χ4n) is 5.14. The van der Waals surface area contributed by atoms with Crippen LogP contribution in [0.25, 0.3) is 22.3 Å². The molecule has 2 aromatic carbocycles. The predicted molar refractivity (Wildman–Crippen MR) is 148 cm³/mol. The van der Waals surface area contributed by atoms with Crippen LogP contribution in [0.5, 0.6) is 5.75 Å². The Morgan fingerprint density at radius 3 is 2.52 bits per heavy atom. The normalized spacial score (nSPS) is 17.0. The van der Waals surface area contributed by atoms with Crippen LogP contribution >= 0.6 is 0 Å². The largest absolute Gasteiger partial charge is 0.493 e. The maximum atomic E-state index is 12.9. The lowest BCUT2D eigenvalue weighted by molar-refractivity contribution is -0.192. The van der Waals surface area contributed by atoms with Gasteiger partial charge in [0, 0.05) is 23.4 Å². The summed E-state index contributed by atoms with van der Waals surface area (Å²) in [6, 6.07) is 13.9. The first-order chi connectivity index (χ1) is 20.1. The fourth-order valence-corrected chi connectivity index (χ4v) is 5.14. The van der Waals surface area contributed by atoms with Gasteiger partial charge in [-0.05, 0) is 61.2 Å². The van der Waals surface area contributed by atoms with Crippen molar-refractivity contribution in [3.05, 3.63) is 65.6 Å². The van der Waals surface area contributed by atoms with Gasteiger partial charge in [0.05, 0.1) is 29.3 Å². The quantitative estimate of drug-likeness (QED) is 0.261. The minimum Gasteiger partial charge on any atom is -0.493 e. The molecule has 2 aliphatic rings. The third kappa shape index (κ3) is 6.78. The first kappa shape index (κ1) is 28.8. The number of rotatable bonds is 4. The van der Waals surface area contributed by atoms with Gasteiger partial charge in [-0.3, -0.25) is 4.79 Å². The van der Waals surface area contributed by atoms with E-state index in [4.69, 9.17) is 25.4 Å². The number of carbonyl (C=O) groups is 2. The average molecular weight is 583 g/mol. The highest BCUT2D eigenvalue weighted by molar-refractivity contribution is 5.94. The van der Waals surface area contributed by atoms with E-state index >= 15 is 0 Å². The Morgan fingerprint density at radius 2 is 1.81 bits per heavy atom. The number of hydrogen-bond acceptors (Lipinski definition) is 7. The highest BCUT2D eigenvalue weighted by Crippen LogP contribution is 2.33. The van der Waals surface area contributed by atoms with Crippen molar-refractivity contribution in [2.75, 3.05) is 12.3 Å². The summed E-state index contributed by atoms with van der Waals surface area (Å²) < 4.78 is 37.8. The number of nitrogens with one attached hydrogen (secondary N) is 2. The van der Waals surface area contributed by atoms with Crippen molar-refractivity contribution in [1.82, 2.24) is 25.3 Å². The molecule has 1 amide bonds. The Hall–Kier alpha value is -4.68. The molecular formula is C29H29F3N6O4. The van der Waals surface area contributed by atoms with Crippen molar-refractivity contribution in [1.29, 1.82) is 0 Å². The van der Waals surface area contributed by atoms with Crippen LogP contribution in [-0.2, 0) is 11.2 Å². The van der Waals surface area contributed by atoms with Gasteiger partial charge in [-0.15, -0.1) is 0 Å². The summed E-state index contributed by atoms with van der Waals surface area (Å²) >= 11 is 0. The lowest BCUT2D eigenvalue weighted by Crippen LogP contribution is -2.36. The zero-order valence-corrected chi connectivity index (χ0v) is 22.4. The summed E-state index contributed by atoms with van der Waals surface area (Å²) in [7, 11) is 0. The van der Waals surface area contributed by atoms with Gasteiger partial charge in [-0.1, -0.05) is 25.3 Å². The number of nitrogens with zero attached hydrogens (tertiary/aromatic N) is 3. The number of benzene rings is 2. The summed E-state index contributed by atoms with van der Waals surface area (Å²) in [6.07, 6.45) is 3.12. The number of anilines is 1.